The molecule has 1 heterocycles. The highest BCUT2D eigenvalue weighted by Crippen LogP contribution is 2.32. The zero-order chi connectivity index (χ0) is 17.5. The average molecular weight is 346 g/mol. The predicted molar refractivity (Wildman–Crippen MR) is 101 cm³/mol. The van der Waals surface area contributed by atoms with Gasteiger partial charge < -0.3 is 20.1 Å². The monoisotopic (exact) mass is 346 g/mol. The van der Waals surface area contributed by atoms with Gasteiger partial charge in [-0.15, -0.1) is 0 Å². The fourth-order valence-corrected chi connectivity index (χ4v) is 3.09. The average Bonchev–Trinajstić information content (AvgIpc) is 3.35. The Morgan fingerprint density at radius 3 is 2.80 bits per heavy atom. The Hall–Kier alpha value is -1.95. The molecule has 3 rings (SSSR count). The molecular formula is C19H30N4O2. The maximum Gasteiger partial charge on any atom is 0.231 e. The summed E-state index contributed by atoms with van der Waals surface area (Å²) in [6.45, 7) is 9.36. The lowest BCUT2D eigenvalue weighted by atomic mass is 10.1. The lowest BCUT2D eigenvalue weighted by molar-refractivity contribution is 0.174. The Labute approximate surface area is 150 Å². The Kier molecular flexibility index (Phi) is 6.39. The minimum Gasteiger partial charge on any atom is -0.454 e. The first kappa shape index (κ1) is 17.9. The van der Waals surface area contributed by atoms with Crippen molar-refractivity contribution in [2.24, 2.45) is 4.99 Å². The summed E-state index contributed by atoms with van der Waals surface area (Å²) < 4.78 is 10.8. The van der Waals surface area contributed by atoms with Gasteiger partial charge in [0, 0.05) is 25.7 Å². The largest absolute Gasteiger partial charge is 0.454 e. The van der Waals surface area contributed by atoms with Crippen molar-refractivity contribution in [2.75, 3.05) is 39.5 Å². The smallest absolute Gasteiger partial charge is 0.231 e. The lowest BCUT2D eigenvalue weighted by Crippen LogP contribution is -2.39. The molecule has 1 saturated carbocycles. The molecule has 2 aliphatic rings. The Morgan fingerprint density at radius 2 is 2.04 bits per heavy atom. The molecular weight excluding hydrogens is 316 g/mol. The topological polar surface area (TPSA) is 58.1 Å². The van der Waals surface area contributed by atoms with E-state index in [0.717, 1.165) is 62.6 Å². The number of fused-ring (bicyclic) bond motifs is 1. The van der Waals surface area contributed by atoms with Crippen molar-refractivity contribution in [3.63, 3.8) is 0 Å². The minimum absolute atomic E-state index is 0.323. The molecule has 1 aliphatic carbocycles. The van der Waals surface area contributed by atoms with Crippen LogP contribution in [0.5, 0.6) is 11.5 Å². The summed E-state index contributed by atoms with van der Waals surface area (Å²) in [6, 6.07) is 6.94. The van der Waals surface area contributed by atoms with Crippen LogP contribution in [0.2, 0.25) is 0 Å². The standard InChI is InChI=1S/C19H30N4O2/c1-3-20-19(22-11-12-23(4-2)16-6-7-16)21-10-9-15-5-8-17-18(13-15)25-14-24-17/h5,8,13,16H,3-4,6-7,9-12,14H2,1-2H3,(H2,20,21,22). The summed E-state index contributed by atoms with van der Waals surface area (Å²) in [6.07, 6.45) is 3.63. The Balaban J connectivity index is 1.43. The van der Waals surface area contributed by atoms with E-state index in [1.54, 1.807) is 0 Å². The van der Waals surface area contributed by atoms with E-state index in [2.05, 4.69) is 41.5 Å². The van der Waals surface area contributed by atoms with Crippen LogP contribution in [0.1, 0.15) is 32.3 Å². The fourth-order valence-electron chi connectivity index (χ4n) is 3.09. The molecule has 1 aliphatic heterocycles. The van der Waals surface area contributed by atoms with E-state index in [1.165, 1.54) is 18.4 Å². The van der Waals surface area contributed by atoms with E-state index in [1.807, 2.05) is 6.07 Å². The van der Waals surface area contributed by atoms with Gasteiger partial charge in [0.15, 0.2) is 17.5 Å². The van der Waals surface area contributed by atoms with Gasteiger partial charge in [0.2, 0.25) is 6.79 Å². The summed E-state index contributed by atoms with van der Waals surface area (Å²) in [5, 5.41) is 6.74. The van der Waals surface area contributed by atoms with Crippen LogP contribution in [-0.2, 0) is 6.42 Å². The van der Waals surface area contributed by atoms with Crippen LogP contribution < -0.4 is 20.1 Å². The van der Waals surface area contributed by atoms with Gasteiger partial charge in [0.1, 0.15) is 0 Å². The molecule has 2 N–H and O–H groups in total. The third-order valence-electron chi connectivity index (χ3n) is 4.61. The van der Waals surface area contributed by atoms with E-state index in [-0.39, 0.29) is 0 Å². The molecule has 0 bridgehead atoms. The summed E-state index contributed by atoms with van der Waals surface area (Å²) in [4.78, 5) is 7.24. The molecule has 0 atom stereocenters. The van der Waals surface area contributed by atoms with Gasteiger partial charge in [-0.1, -0.05) is 13.0 Å². The highest BCUT2D eigenvalue weighted by Gasteiger charge is 2.27. The second-order valence-corrected chi connectivity index (χ2v) is 6.48. The summed E-state index contributed by atoms with van der Waals surface area (Å²) in [5.74, 6) is 2.58. The fraction of sp³-hybridized carbons (Fsp3) is 0.632. The molecule has 0 radical (unpaired) electrons. The zero-order valence-electron chi connectivity index (χ0n) is 15.4. The maximum atomic E-state index is 5.43. The molecule has 138 valence electrons. The van der Waals surface area contributed by atoms with Crippen molar-refractivity contribution >= 4 is 5.96 Å². The molecule has 0 unspecified atom stereocenters. The molecule has 0 aromatic heterocycles. The molecule has 0 spiro atoms. The van der Waals surface area contributed by atoms with Gasteiger partial charge in [-0.05, 0) is 50.4 Å². The van der Waals surface area contributed by atoms with E-state index in [4.69, 9.17) is 14.5 Å². The number of rotatable bonds is 9. The SMILES string of the molecule is CCNC(=NCCN(CC)C1CC1)NCCc1ccc2c(c1)OCO2. The molecule has 1 aromatic rings. The number of aliphatic imine (C=N–C) groups is 1. The van der Waals surface area contributed by atoms with Crippen molar-refractivity contribution in [1.29, 1.82) is 0 Å². The second kappa shape index (κ2) is 8.94. The van der Waals surface area contributed by atoms with Crippen molar-refractivity contribution in [3.8, 4) is 11.5 Å². The van der Waals surface area contributed by atoms with Crippen LogP contribution in [0.15, 0.2) is 23.2 Å². The lowest BCUT2D eigenvalue weighted by Gasteiger charge is -2.19. The molecule has 25 heavy (non-hydrogen) atoms. The third kappa shape index (κ3) is 5.26. The highest BCUT2D eigenvalue weighted by atomic mass is 16.7. The number of guanidine groups is 1. The normalized spacial score (nSPS) is 16.4. The first-order valence-electron chi connectivity index (χ1n) is 9.45. The van der Waals surface area contributed by atoms with E-state index < -0.39 is 0 Å². The number of ether oxygens (including phenoxy) is 2. The van der Waals surface area contributed by atoms with Crippen molar-refractivity contribution in [2.45, 2.75) is 39.2 Å². The van der Waals surface area contributed by atoms with Gasteiger partial charge >= 0.3 is 0 Å². The Morgan fingerprint density at radius 1 is 1.20 bits per heavy atom. The van der Waals surface area contributed by atoms with Gasteiger partial charge in [-0.2, -0.15) is 0 Å². The van der Waals surface area contributed by atoms with E-state index in [9.17, 15) is 0 Å². The maximum absolute atomic E-state index is 5.43. The van der Waals surface area contributed by atoms with Crippen LogP contribution in [0.4, 0.5) is 0 Å². The highest BCUT2D eigenvalue weighted by molar-refractivity contribution is 5.79. The predicted octanol–water partition coefficient (Wildman–Crippen LogP) is 2.00. The Bertz CT molecular complexity index is 587. The van der Waals surface area contributed by atoms with Crippen LogP contribution >= 0.6 is 0 Å². The number of hydrogen-bond acceptors (Lipinski definition) is 4. The van der Waals surface area contributed by atoms with Crippen molar-refractivity contribution < 1.29 is 9.47 Å². The van der Waals surface area contributed by atoms with Crippen LogP contribution in [0.25, 0.3) is 0 Å². The van der Waals surface area contributed by atoms with Gasteiger partial charge in [0.25, 0.3) is 0 Å². The molecule has 0 saturated heterocycles. The summed E-state index contributed by atoms with van der Waals surface area (Å²) >= 11 is 0. The molecule has 6 heteroatoms. The third-order valence-corrected chi connectivity index (χ3v) is 4.61. The minimum atomic E-state index is 0.323. The second-order valence-electron chi connectivity index (χ2n) is 6.48. The molecule has 1 aromatic carbocycles. The number of benzene rings is 1. The first-order valence-corrected chi connectivity index (χ1v) is 9.45. The molecule has 1 fully saturated rings. The van der Waals surface area contributed by atoms with Gasteiger partial charge in [-0.25, -0.2) is 0 Å². The molecule has 6 nitrogen and oxygen atoms in total. The summed E-state index contributed by atoms with van der Waals surface area (Å²) in [5.41, 5.74) is 1.23. The van der Waals surface area contributed by atoms with Gasteiger partial charge in [-0.3, -0.25) is 9.89 Å². The van der Waals surface area contributed by atoms with Crippen LogP contribution in [-0.4, -0.2) is 56.4 Å². The van der Waals surface area contributed by atoms with Gasteiger partial charge in [0.05, 0.1) is 6.54 Å². The van der Waals surface area contributed by atoms with E-state index >= 15 is 0 Å². The van der Waals surface area contributed by atoms with Crippen molar-refractivity contribution in [3.05, 3.63) is 23.8 Å². The number of nitrogens with one attached hydrogen (secondary N) is 2. The molecule has 0 amide bonds. The van der Waals surface area contributed by atoms with Crippen LogP contribution in [0.3, 0.4) is 0 Å². The number of likely N-dealkylation sites (N-methyl/N-ethyl adjacent to an activating group) is 1. The van der Waals surface area contributed by atoms with Crippen LogP contribution in [0, 0.1) is 0 Å². The van der Waals surface area contributed by atoms with E-state index in [0.29, 0.717) is 6.79 Å². The number of hydrogen-bond donors (Lipinski definition) is 2. The zero-order valence-corrected chi connectivity index (χ0v) is 15.4. The quantitative estimate of drug-likeness (QED) is 0.529. The number of nitrogens with zero attached hydrogens (tertiary/aromatic N) is 2. The first-order chi connectivity index (χ1) is 12.3. The summed E-state index contributed by atoms with van der Waals surface area (Å²) in [7, 11) is 0. The van der Waals surface area contributed by atoms with Crippen molar-refractivity contribution in [1.82, 2.24) is 15.5 Å².